The van der Waals surface area contributed by atoms with Crippen molar-refractivity contribution in [1.82, 2.24) is 0 Å². The Morgan fingerprint density at radius 3 is 2.40 bits per heavy atom. The second-order valence-corrected chi connectivity index (χ2v) is 5.36. The maximum absolute atomic E-state index is 12.0. The molecule has 0 spiro atoms. The van der Waals surface area contributed by atoms with Gasteiger partial charge in [0.25, 0.3) is 0 Å². The van der Waals surface area contributed by atoms with E-state index in [1.165, 1.54) is 33.5 Å². The van der Waals surface area contributed by atoms with Crippen LogP contribution in [-0.4, -0.2) is 44.3 Å². The second-order valence-electron chi connectivity index (χ2n) is 5.36. The molecule has 1 fully saturated rings. The molecule has 0 bridgehead atoms. The van der Waals surface area contributed by atoms with Gasteiger partial charge in [-0.1, -0.05) is 0 Å². The number of benzene rings is 1. The van der Waals surface area contributed by atoms with E-state index in [4.69, 9.17) is 18.9 Å². The van der Waals surface area contributed by atoms with Crippen LogP contribution < -0.4 is 14.2 Å². The summed E-state index contributed by atoms with van der Waals surface area (Å²) in [6.45, 7) is 1.62. The fourth-order valence-corrected chi connectivity index (χ4v) is 2.52. The molecule has 0 amide bonds. The van der Waals surface area contributed by atoms with Crippen LogP contribution in [0.1, 0.15) is 18.9 Å². The van der Waals surface area contributed by atoms with Crippen molar-refractivity contribution in [3.63, 3.8) is 0 Å². The molecule has 1 atom stereocenters. The Labute approximate surface area is 145 Å². The van der Waals surface area contributed by atoms with E-state index in [1.54, 1.807) is 19.1 Å². The lowest BCUT2D eigenvalue weighted by molar-refractivity contribution is -0.150. The predicted molar refractivity (Wildman–Crippen MR) is 90.0 cm³/mol. The first-order chi connectivity index (χ1) is 11.9. The van der Waals surface area contributed by atoms with Crippen molar-refractivity contribution in [2.45, 2.75) is 19.4 Å². The van der Waals surface area contributed by atoms with Crippen LogP contribution in [0.3, 0.4) is 0 Å². The predicted octanol–water partition coefficient (Wildman–Crippen LogP) is 2.44. The molecule has 1 aromatic carbocycles. The zero-order chi connectivity index (χ0) is 18.6. The highest BCUT2D eigenvalue weighted by atomic mass is 16.5. The number of hydrogen-bond acceptors (Lipinski definition) is 7. The van der Waals surface area contributed by atoms with Crippen molar-refractivity contribution in [3.8, 4) is 17.2 Å². The number of esters is 1. The SMILES string of the molecule is COc1ccc(/C=C/C(O)=C2\C(=O)CC(C)OC2=O)c(OC)c1OC. The van der Waals surface area contributed by atoms with Gasteiger partial charge in [0.1, 0.15) is 17.4 Å². The van der Waals surface area contributed by atoms with Gasteiger partial charge in [-0.3, -0.25) is 4.79 Å². The molecule has 7 nitrogen and oxygen atoms in total. The van der Waals surface area contributed by atoms with E-state index in [-0.39, 0.29) is 12.0 Å². The standard InChI is InChI=1S/C18H20O7/c1-10-9-13(20)15(18(21)25-10)12(19)7-5-11-6-8-14(22-2)17(24-4)16(11)23-3/h5-8,10,19H,9H2,1-4H3/b7-5+,15-12-. The molecule has 1 aliphatic rings. The number of allylic oxidation sites excluding steroid dienone is 1. The molecule has 1 N–H and O–H groups in total. The van der Waals surface area contributed by atoms with Crippen molar-refractivity contribution in [2.75, 3.05) is 21.3 Å². The van der Waals surface area contributed by atoms with E-state index in [9.17, 15) is 14.7 Å². The van der Waals surface area contributed by atoms with Crippen molar-refractivity contribution in [1.29, 1.82) is 0 Å². The second kappa shape index (κ2) is 7.74. The Kier molecular flexibility index (Phi) is 5.69. The van der Waals surface area contributed by atoms with Crippen molar-refractivity contribution < 1.29 is 33.6 Å². The molecular weight excluding hydrogens is 328 g/mol. The Bertz CT molecular complexity index is 726. The average molecular weight is 348 g/mol. The first-order valence-corrected chi connectivity index (χ1v) is 7.57. The molecule has 2 rings (SSSR count). The van der Waals surface area contributed by atoms with Crippen molar-refractivity contribution in [3.05, 3.63) is 35.1 Å². The number of ketones is 1. The van der Waals surface area contributed by atoms with E-state index in [0.29, 0.717) is 22.8 Å². The van der Waals surface area contributed by atoms with Crippen molar-refractivity contribution in [2.24, 2.45) is 0 Å². The molecule has 1 heterocycles. The first kappa shape index (κ1) is 18.4. The molecule has 1 unspecified atom stereocenters. The van der Waals surface area contributed by atoms with Crippen LogP contribution in [0.5, 0.6) is 17.2 Å². The third-order valence-electron chi connectivity index (χ3n) is 3.68. The smallest absolute Gasteiger partial charge is 0.345 e. The van der Waals surface area contributed by atoms with Gasteiger partial charge in [-0.05, 0) is 31.2 Å². The molecule has 1 aliphatic heterocycles. The van der Waals surface area contributed by atoms with Gasteiger partial charge in [-0.25, -0.2) is 4.79 Å². The normalized spacial score (nSPS) is 19.6. The number of carbonyl (C=O) groups is 2. The number of carbonyl (C=O) groups excluding carboxylic acids is 2. The molecule has 0 radical (unpaired) electrons. The van der Waals surface area contributed by atoms with Gasteiger partial charge >= 0.3 is 5.97 Å². The summed E-state index contributed by atoms with van der Waals surface area (Å²) in [5, 5.41) is 10.1. The molecule has 0 saturated carbocycles. The highest BCUT2D eigenvalue weighted by Gasteiger charge is 2.32. The van der Waals surface area contributed by atoms with Crippen LogP contribution in [0.15, 0.2) is 29.5 Å². The number of methoxy groups -OCH3 is 3. The van der Waals surface area contributed by atoms with E-state index in [0.717, 1.165) is 0 Å². The summed E-state index contributed by atoms with van der Waals surface area (Å²) in [6.07, 6.45) is 2.29. The summed E-state index contributed by atoms with van der Waals surface area (Å²) < 4.78 is 20.8. The topological polar surface area (TPSA) is 91.3 Å². The molecular formula is C18H20O7. The third kappa shape index (κ3) is 3.76. The molecule has 25 heavy (non-hydrogen) atoms. The summed E-state index contributed by atoms with van der Waals surface area (Å²) in [4.78, 5) is 23.8. The zero-order valence-corrected chi connectivity index (χ0v) is 14.5. The highest BCUT2D eigenvalue weighted by molar-refractivity contribution is 6.19. The average Bonchev–Trinajstić information content (AvgIpc) is 2.57. The van der Waals surface area contributed by atoms with Crippen LogP contribution in [0, 0.1) is 0 Å². The lowest BCUT2D eigenvalue weighted by Crippen LogP contribution is -2.31. The monoisotopic (exact) mass is 348 g/mol. The quantitative estimate of drug-likeness (QED) is 0.378. The Balaban J connectivity index is 2.40. The number of ether oxygens (including phenoxy) is 4. The fraction of sp³-hybridized carbons (Fsp3) is 0.333. The summed E-state index contributed by atoms with van der Waals surface area (Å²) in [5.41, 5.74) is 0.214. The molecule has 134 valence electrons. The van der Waals surface area contributed by atoms with Gasteiger partial charge in [-0.2, -0.15) is 0 Å². The minimum absolute atomic E-state index is 0.0403. The summed E-state index contributed by atoms with van der Waals surface area (Å²) in [6, 6.07) is 3.37. The Hall–Kier alpha value is -2.96. The molecule has 0 aliphatic carbocycles. The largest absolute Gasteiger partial charge is 0.507 e. The van der Waals surface area contributed by atoms with Crippen LogP contribution in [0.25, 0.3) is 6.08 Å². The fourth-order valence-electron chi connectivity index (χ4n) is 2.52. The number of rotatable bonds is 5. The van der Waals surface area contributed by atoms with Crippen LogP contribution in [-0.2, 0) is 14.3 Å². The van der Waals surface area contributed by atoms with E-state index < -0.39 is 23.6 Å². The summed E-state index contributed by atoms with van der Waals surface area (Å²) >= 11 is 0. The zero-order valence-electron chi connectivity index (χ0n) is 14.5. The van der Waals surface area contributed by atoms with Crippen molar-refractivity contribution >= 4 is 17.8 Å². The first-order valence-electron chi connectivity index (χ1n) is 7.57. The Morgan fingerprint density at radius 2 is 1.84 bits per heavy atom. The van der Waals surface area contributed by atoms with Crippen LogP contribution in [0.4, 0.5) is 0 Å². The lowest BCUT2D eigenvalue weighted by atomic mass is 10.0. The third-order valence-corrected chi connectivity index (χ3v) is 3.68. The molecule has 1 saturated heterocycles. The van der Waals surface area contributed by atoms with Gasteiger partial charge < -0.3 is 24.1 Å². The van der Waals surface area contributed by atoms with Gasteiger partial charge in [0.2, 0.25) is 5.75 Å². The maximum Gasteiger partial charge on any atom is 0.345 e. The minimum Gasteiger partial charge on any atom is -0.507 e. The van der Waals surface area contributed by atoms with Gasteiger partial charge in [-0.15, -0.1) is 0 Å². The van der Waals surface area contributed by atoms with Gasteiger partial charge in [0.05, 0.1) is 21.3 Å². The number of Topliss-reactive ketones (excluding diaryl/α,β-unsaturated/α-hetero) is 1. The summed E-state index contributed by atoms with van der Waals surface area (Å²) in [5.74, 6) is -0.475. The number of aliphatic hydroxyl groups is 1. The lowest BCUT2D eigenvalue weighted by Gasteiger charge is -2.19. The minimum atomic E-state index is -0.829. The molecule has 1 aromatic rings. The number of cyclic esters (lactones) is 1. The number of hydrogen-bond donors (Lipinski definition) is 1. The Morgan fingerprint density at radius 1 is 1.16 bits per heavy atom. The van der Waals surface area contributed by atoms with Crippen LogP contribution in [0.2, 0.25) is 0 Å². The van der Waals surface area contributed by atoms with E-state index in [2.05, 4.69) is 0 Å². The van der Waals surface area contributed by atoms with E-state index in [1.807, 2.05) is 0 Å². The van der Waals surface area contributed by atoms with E-state index >= 15 is 0 Å². The molecule has 7 heteroatoms. The summed E-state index contributed by atoms with van der Waals surface area (Å²) in [7, 11) is 4.45. The van der Waals surface area contributed by atoms with Gasteiger partial charge in [0, 0.05) is 12.0 Å². The van der Waals surface area contributed by atoms with Crippen LogP contribution >= 0.6 is 0 Å². The van der Waals surface area contributed by atoms with Gasteiger partial charge in [0.15, 0.2) is 17.3 Å². The number of aliphatic hydroxyl groups excluding tert-OH is 1. The maximum atomic E-state index is 12.0. The highest BCUT2D eigenvalue weighted by Crippen LogP contribution is 2.40. The molecule has 0 aromatic heterocycles.